The first-order chi connectivity index (χ1) is 12.9. The maximum atomic E-state index is 2.45. The summed E-state index contributed by atoms with van der Waals surface area (Å²) < 4.78 is 11.4. The molecule has 0 aliphatic carbocycles. The van der Waals surface area contributed by atoms with Gasteiger partial charge in [0.15, 0.2) is 0 Å². The predicted molar refractivity (Wildman–Crippen MR) is 123 cm³/mol. The molecule has 7 aromatic rings. The van der Waals surface area contributed by atoms with Gasteiger partial charge in [0, 0.05) is 40.3 Å². The van der Waals surface area contributed by atoms with Gasteiger partial charge in [-0.1, -0.05) is 36.4 Å². The van der Waals surface area contributed by atoms with Crippen LogP contribution in [0.15, 0.2) is 60.7 Å². The van der Waals surface area contributed by atoms with Gasteiger partial charge in [0.2, 0.25) is 0 Å². The molecule has 0 radical (unpaired) electrons. The lowest BCUT2D eigenvalue weighted by Crippen LogP contribution is -1.64. The summed E-state index contributed by atoms with van der Waals surface area (Å²) in [7, 11) is 0. The molecule has 0 fully saturated rings. The monoisotopic (exact) mass is 402 g/mol. The second-order valence-electron chi connectivity index (χ2n) is 6.56. The van der Waals surface area contributed by atoms with Gasteiger partial charge in [-0.3, -0.25) is 0 Å². The smallest absolute Gasteiger partial charge is 0.0542 e. The molecule has 0 aliphatic heterocycles. The highest BCUT2D eigenvalue weighted by atomic mass is 32.1. The van der Waals surface area contributed by atoms with Crippen LogP contribution in [0.2, 0.25) is 0 Å². The molecule has 0 nitrogen and oxygen atoms in total. The van der Waals surface area contributed by atoms with E-state index in [0.29, 0.717) is 0 Å². The molecule has 0 saturated heterocycles. The summed E-state index contributed by atoms with van der Waals surface area (Å²) in [6, 6.07) is 22.5. The van der Waals surface area contributed by atoms with Gasteiger partial charge in [0.25, 0.3) is 0 Å². The average molecular weight is 403 g/mol. The molecule has 0 spiro atoms. The van der Waals surface area contributed by atoms with Crippen LogP contribution in [0, 0.1) is 0 Å². The molecule has 4 heterocycles. The van der Waals surface area contributed by atoms with Gasteiger partial charge in [-0.05, 0) is 24.3 Å². The topological polar surface area (TPSA) is 0 Å². The lowest BCUT2D eigenvalue weighted by Gasteiger charge is -1.93. The summed E-state index contributed by atoms with van der Waals surface area (Å²) in [6.07, 6.45) is 0. The maximum absolute atomic E-state index is 2.45. The predicted octanol–water partition coefficient (Wildman–Crippen LogP) is 8.85. The van der Waals surface area contributed by atoms with Crippen molar-refractivity contribution in [2.75, 3.05) is 0 Å². The van der Waals surface area contributed by atoms with Crippen LogP contribution in [-0.4, -0.2) is 0 Å². The molecule has 4 heteroatoms. The quantitative estimate of drug-likeness (QED) is 0.238. The van der Waals surface area contributed by atoms with Crippen molar-refractivity contribution in [3.63, 3.8) is 0 Å². The third-order valence-corrected chi connectivity index (χ3v) is 10.1. The van der Waals surface area contributed by atoms with Crippen molar-refractivity contribution in [2.45, 2.75) is 0 Å². The number of hydrogen-bond acceptors (Lipinski definition) is 4. The lowest BCUT2D eigenvalue weighted by molar-refractivity contribution is 1.87. The third kappa shape index (κ3) is 1.68. The van der Waals surface area contributed by atoms with Crippen molar-refractivity contribution >= 4 is 104 Å². The Morgan fingerprint density at radius 2 is 0.808 bits per heavy atom. The molecule has 122 valence electrons. The highest BCUT2D eigenvalue weighted by Crippen LogP contribution is 2.49. The van der Waals surface area contributed by atoms with Gasteiger partial charge < -0.3 is 0 Å². The van der Waals surface area contributed by atoms with Gasteiger partial charge in [-0.15, -0.1) is 45.3 Å². The molecule has 0 N–H and O–H groups in total. The van der Waals surface area contributed by atoms with Crippen molar-refractivity contribution in [2.24, 2.45) is 0 Å². The molecule has 26 heavy (non-hydrogen) atoms. The SMILES string of the molecule is c1ccc2c(c1)sc1c3cc4c(cc3sc21)sc1c2ccccc2sc41. The first kappa shape index (κ1) is 14.1. The van der Waals surface area contributed by atoms with Crippen LogP contribution in [0.4, 0.5) is 0 Å². The van der Waals surface area contributed by atoms with Crippen molar-refractivity contribution in [3.05, 3.63) is 60.7 Å². The number of hydrogen-bond donors (Lipinski definition) is 0. The van der Waals surface area contributed by atoms with E-state index in [2.05, 4.69) is 60.7 Å². The Balaban J connectivity index is 1.68. The molecular weight excluding hydrogens is 393 g/mol. The highest BCUT2D eigenvalue weighted by molar-refractivity contribution is 7.38. The lowest BCUT2D eigenvalue weighted by atomic mass is 10.2. The number of fused-ring (bicyclic) bond motifs is 10. The number of rotatable bonds is 0. The average Bonchev–Trinajstić information content (AvgIpc) is 3.38. The molecule has 0 bridgehead atoms. The van der Waals surface area contributed by atoms with Crippen LogP contribution in [0.3, 0.4) is 0 Å². The zero-order chi connectivity index (χ0) is 16.8. The maximum Gasteiger partial charge on any atom is 0.0542 e. The van der Waals surface area contributed by atoms with Crippen LogP contribution in [0.5, 0.6) is 0 Å². The minimum atomic E-state index is 1.40. The van der Waals surface area contributed by atoms with E-state index in [0.717, 1.165) is 0 Å². The molecule has 0 aliphatic rings. The fraction of sp³-hybridized carbons (Fsp3) is 0. The molecule has 0 amide bonds. The van der Waals surface area contributed by atoms with Crippen LogP contribution in [0.1, 0.15) is 0 Å². The highest BCUT2D eigenvalue weighted by Gasteiger charge is 2.16. The van der Waals surface area contributed by atoms with Crippen molar-refractivity contribution in [1.82, 2.24) is 0 Å². The van der Waals surface area contributed by atoms with Gasteiger partial charge in [-0.2, -0.15) is 0 Å². The Morgan fingerprint density at radius 3 is 1.35 bits per heavy atom. The van der Waals surface area contributed by atoms with Gasteiger partial charge in [0.05, 0.1) is 18.8 Å². The standard InChI is InChI=1S/C22H10S4/c1-3-7-15-11(5-1)19-21(23-15)13-9-14-18(10-17(13)25-19)26-20-12-6-2-4-8-16(12)24-22(14)20/h1-10H. The van der Waals surface area contributed by atoms with Crippen molar-refractivity contribution in [1.29, 1.82) is 0 Å². The Labute approximate surface area is 164 Å². The van der Waals surface area contributed by atoms with Crippen molar-refractivity contribution in [3.8, 4) is 0 Å². The van der Waals surface area contributed by atoms with Gasteiger partial charge in [0.1, 0.15) is 0 Å². The summed E-state index contributed by atoms with van der Waals surface area (Å²) in [6.45, 7) is 0. The molecule has 0 unspecified atom stereocenters. The zero-order valence-corrected chi connectivity index (χ0v) is 16.7. The van der Waals surface area contributed by atoms with Crippen LogP contribution in [0.25, 0.3) is 59.1 Å². The summed E-state index contributed by atoms with van der Waals surface area (Å²) in [4.78, 5) is 0. The second kappa shape index (κ2) is 4.84. The molecule has 3 aromatic carbocycles. The van der Waals surface area contributed by atoms with E-state index in [1.807, 2.05) is 45.3 Å². The van der Waals surface area contributed by atoms with E-state index in [1.165, 1.54) is 59.1 Å². The normalized spacial score (nSPS) is 12.6. The molecule has 0 atom stereocenters. The fourth-order valence-corrected chi connectivity index (χ4v) is 9.31. The van der Waals surface area contributed by atoms with Crippen LogP contribution >= 0.6 is 45.3 Å². The molecular formula is C22H10S4. The van der Waals surface area contributed by atoms with E-state index in [-0.39, 0.29) is 0 Å². The summed E-state index contributed by atoms with van der Waals surface area (Å²) in [5, 5.41) is 5.67. The van der Waals surface area contributed by atoms with Gasteiger partial charge in [-0.25, -0.2) is 0 Å². The first-order valence-corrected chi connectivity index (χ1v) is 11.7. The summed E-state index contributed by atoms with van der Waals surface area (Å²) in [5.41, 5.74) is 0. The van der Waals surface area contributed by atoms with Gasteiger partial charge >= 0.3 is 0 Å². The van der Waals surface area contributed by atoms with E-state index in [1.54, 1.807) is 0 Å². The third-order valence-electron chi connectivity index (χ3n) is 5.09. The summed E-state index contributed by atoms with van der Waals surface area (Å²) >= 11 is 7.77. The molecule has 0 saturated carbocycles. The fourth-order valence-electron chi connectivity index (χ4n) is 3.91. The van der Waals surface area contributed by atoms with E-state index in [4.69, 9.17) is 0 Å². The largest absolute Gasteiger partial charge is 0.134 e. The number of benzene rings is 3. The zero-order valence-electron chi connectivity index (χ0n) is 13.4. The Bertz CT molecular complexity index is 1510. The molecule has 7 rings (SSSR count). The number of thiophene rings is 4. The van der Waals surface area contributed by atoms with E-state index < -0.39 is 0 Å². The Kier molecular flexibility index (Phi) is 2.63. The second-order valence-corrected chi connectivity index (χ2v) is 10.8. The minimum Gasteiger partial charge on any atom is -0.134 e. The first-order valence-electron chi connectivity index (χ1n) is 8.44. The minimum absolute atomic E-state index is 1.40. The van der Waals surface area contributed by atoms with E-state index in [9.17, 15) is 0 Å². The van der Waals surface area contributed by atoms with E-state index >= 15 is 0 Å². The Hall–Kier alpha value is -1.98. The van der Waals surface area contributed by atoms with Crippen LogP contribution < -0.4 is 0 Å². The molecule has 4 aromatic heterocycles. The Morgan fingerprint density at radius 1 is 0.385 bits per heavy atom. The van der Waals surface area contributed by atoms with Crippen LogP contribution in [-0.2, 0) is 0 Å². The summed E-state index contributed by atoms with van der Waals surface area (Å²) in [5.74, 6) is 0. The van der Waals surface area contributed by atoms with Crippen molar-refractivity contribution < 1.29 is 0 Å².